The van der Waals surface area contributed by atoms with E-state index in [9.17, 15) is 4.79 Å². The molecule has 5 nitrogen and oxygen atoms in total. The molecular formula is C12H16N4OS. The number of hydrogen-bond acceptors (Lipinski definition) is 5. The van der Waals surface area contributed by atoms with E-state index in [0.717, 1.165) is 19.6 Å². The fourth-order valence-electron chi connectivity index (χ4n) is 1.96. The number of nitriles is 1. The number of nitrogens with zero attached hydrogens (tertiary/aromatic N) is 2. The zero-order chi connectivity index (χ0) is 13.0. The van der Waals surface area contributed by atoms with Gasteiger partial charge in [0.15, 0.2) is 0 Å². The standard InChI is InChI=1S/C12H16N4OS/c1-9-7-14-3-4-16(9)8-11(17)15-12-10(6-13)2-5-18-12/h2,5,9,14H,3-4,7-8H2,1H3,(H,15,17). The van der Waals surface area contributed by atoms with Crippen LogP contribution in [0, 0.1) is 11.3 Å². The Morgan fingerprint density at radius 3 is 3.33 bits per heavy atom. The molecule has 0 bridgehead atoms. The molecule has 18 heavy (non-hydrogen) atoms. The van der Waals surface area contributed by atoms with E-state index in [0.29, 0.717) is 23.2 Å². The molecule has 2 heterocycles. The number of piperazine rings is 1. The number of thiophene rings is 1. The summed E-state index contributed by atoms with van der Waals surface area (Å²) >= 11 is 1.38. The fourth-order valence-corrected chi connectivity index (χ4v) is 2.72. The predicted molar refractivity (Wildman–Crippen MR) is 71.6 cm³/mol. The van der Waals surface area contributed by atoms with E-state index in [4.69, 9.17) is 5.26 Å². The van der Waals surface area contributed by atoms with Crippen molar-refractivity contribution in [1.29, 1.82) is 5.26 Å². The van der Waals surface area contributed by atoms with Gasteiger partial charge in [-0.1, -0.05) is 0 Å². The van der Waals surface area contributed by atoms with Crippen molar-refractivity contribution < 1.29 is 4.79 Å². The van der Waals surface area contributed by atoms with E-state index >= 15 is 0 Å². The van der Waals surface area contributed by atoms with Gasteiger partial charge in [0, 0.05) is 25.7 Å². The number of hydrogen-bond donors (Lipinski definition) is 2. The van der Waals surface area contributed by atoms with Crippen molar-refractivity contribution in [3.8, 4) is 6.07 Å². The lowest BCUT2D eigenvalue weighted by atomic mass is 10.2. The summed E-state index contributed by atoms with van der Waals surface area (Å²) in [5.41, 5.74) is 0.529. The van der Waals surface area contributed by atoms with Gasteiger partial charge in [-0.15, -0.1) is 11.3 Å². The SMILES string of the molecule is CC1CNCCN1CC(=O)Nc1sccc1C#N. The smallest absolute Gasteiger partial charge is 0.239 e. The van der Waals surface area contributed by atoms with Crippen LogP contribution >= 0.6 is 11.3 Å². The minimum absolute atomic E-state index is 0.0531. The molecule has 96 valence electrons. The van der Waals surface area contributed by atoms with Crippen molar-refractivity contribution in [2.45, 2.75) is 13.0 Å². The van der Waals surface area contributed by atoms with Crippen LogP contribution in [0.1, 0.15) is 12.5 Å². The van der Waals surface area contributed by atoms with Gasteiger partial charge in [-0.3, -0.25) is 9.69 Å². The molecule has 1 aliphatic heterocycles. The van der Waals surface area contributed by atoms with Gasteiger partial charge in [-0.25, -0.2) is 0 Å². The molecule has 1 saturated heterocycles. The molecule has 2 N–H and O–H groups in total. The molecule has 1 unspecified atom stereocenters. The van der Waals surface area contributed by atoms with Crippen LogP contribution in [-0.2, 0) is 4.79 Å². The molecule has 0 saturated carbocycles. The maximum absolute atomic E-state index is 11.9. The Labute approximate surface area is 110 Å². The quantitative estimate of drug-likeness (QED) is 0.849. The second-order valence-corrected chi connectivity index (χ2v) is 5.26. The average Bonchev–Trinajstić information content (AvgIpc) is 2.79. The summed E-state index contributed by atoms with van der Waals surface area (Å²) in [6.45, 7) is 5.19. The Kier molecular flexibility index (Phi) is 4.31. The van der Waals surface area contributed by atoms with E-state index in [1.807, 2.05) is 5.38 Å². The van der Waals surface area contributed by atoms with Crippen molar-refractivity contribution in [3.05, 3.63) is 17.0 Å². The molecule has 0 aliphatic carbocycles. The second-order valence-electron chi connectivity index (χ2n) is 4.35. The summed E-state index contributed by atoms with van der Waals surface area (Å²) in [6, 6.07) is 4.15. The number of rotatable bonds is 3. The highest BCUT2D eigenvalue weighted by Gasteiger charge is 2.20. The van der Waals surface area contributed by atoms with Crippen LogP contribution in [0.2, 0.25) is 0 Å². The highest BCUT2D eigenvalue weighted by Crippen LogP contribution is 2.22. The molecule has 1 aromatic rings. The van der Waals surface area contributed by atoms with E-state index in [2.05, 4.69) is 28.5 Å². The summed E-state index contributed by atoms with van der Waals surface area (Å²) in [4.78, 5) is 14.1. The first kappa shape index (κ1) is 13.0. The second kappa shape index (κ2) is 5.96. The van der Waals surface area contributed by atoms with Crippen LogP contribution in [0.4, 0.5) is 5.00 Å². The summed E-state index contributed by atoms with van der Waals surface area (Å²) in [7, 11) is 0. The Morgan fingerprint density at radius 2 is 2.61 bits per heavy atom. The third-order valence-electron chi connectivity index (χ3n) is 3.02. The Morgan fingerprint density at radius 1 is 1.78 bits per heavy atom. The molecule has 2 rings (SSSR count). The molecule has 0 spiro atoms. The summed E-state index contributed by atoms with van der Waals surface area (Å²) in [5.74, 6) is -0.0531. The minimum atomic E-state index is -0.0531. The van der Waals surface area contributed by atoms with Crippen molar-refractivity contribution in [1.82, 2.24) is 10.2 Å². The molecule has 0 radical (unpaired) electrons. The first-order valence-corrected chi connectivity index (χ1v) is 6.81. The van der Waals surface area contributed by atoms with Crippen molar-refractivity contribution in [2.24, 2.45) is 0 Å². The molecule has 1 fully saturated rings. The van der Waals surface area contributed by atoms with Gasteiger partial charge in [0.1, 0.15) is 11.1 Å². The zero-order valence-electron chi connectivity index (χ0n) is 10.3. The topological polar surface area (TPSA) is 68.2 Å². The van der Waals surface area contributed by atoms with Crippen molar-refractivity contribution in [3.63, 3.8) is 0 Å². The molecule has 0 aromatic carbocycles. The number of anilines is 1. The monoisotopic (exact) mass is 264 g/mol. The van der Waals surface area contributed by atoms with Crippen LogP contribution in [0.15, 0.2) is 11.4 Å². The maximum Gasteiger partial charge on any atom is 0.239 e. The lowest BCUT2D eigenvalue weighted by molar-refractivity contribution is -0.118. The Balaban J connectivity index is 1.91. The third kappa shape index (κ3) is 3.07. The largest absolute Gasteiger partial charge is 0.315 e. The normalized spacial score (nSPS) is 20.3. The molecule has 1 amide bonds. The van der Waals surface area contributed by atoms with E-state index in [-0.39, 0.29) is 5.91 Å². The van der Waals surface area contributed by atoms with Gasteiger partial charge in [0.2, 0.25) is 5.91 Å². The number of carbonyl (C=O) groups is 1. The van der Waals surface area contributed by atoms with Gasteiger partial charge in [-0.2, -0.15) is 5.26 Å². The number of amides is 1. The van der Waals surface area contributed by atoms with Gasteiger partial charge in [0.25, 0.3) is 0 Å². The minimum Gasteiger partial charge on any atom is -0.315 e. The first-order valence-electron chi connectivity index (χ1n) is 5.93. The van der Waals surface area contributed by atoms with Gasteiger partial charge < -0.3 is 10.6 Å². The highest BCUT2D eigenvalue weighted by molar-refractivity contribution is 7.14. The van der Waals surface area contributed by atoms with Crippen molar-refractivity contribution in [2.75, 3.05) is 31.5 Å². The van der Waals surface area contributed by atoms with Gasteiger partial charge in [-0.05, 0) is 18.4 Å². The Hall–Kier alpha value is -1.42. The summed E-state index contributed by atoms with van der Waals surface area (Å²) < 4.78 is 0. The third-order valence-corrected chi connectivity index (χ3v) is 3.85. The van der Waals surface area contributed by atoms with Crippen LogP contribution in [0.25, 0.3) is 0 Å². The van der Waals surface area contributed by atoms with Gasteiger partial charge in [0.05, 0.1) is 12.1 Å². The van der Waals surface area contributed by atoms with Crippen molar-refractivity contribution >= 4 is 22.2 Å². The van der Waals surface area contributed by atoms with Crippen LogP contribution < -0.4 is 10.6 Å². The lowest BCUT2D eigenvalue weighted by Gasteiger charge is -2.33. The highest BCUT2D eigenvalue weighted by atomic mass is 32.1. The predicted octanol–water partition coefficient (Wildman–Crippen LogP) is 0.852. The van der Waals surface area contributed by atoms with Crippen LogP contribution in [0.3, 0.4) is 0 Å². The first-order chi connectivity index (χ1) is 8.70. The average molecular weight is 264 g/mol. The van der Waals surface area contributed by atoms with E-state index in [1.165, 1.54) is 11.3 Å². The van der Waals surface area contributed by atoms with E-state index < -0.39 is 0 Å². The molecule has 6 heteroatoms. The van der Waals surface area contributed by atoms with Crippen LogP contribution in [-0.4, -0.2) is 43.0 Å². The molecule has 1 aliphatic rings. The van der Waals surface area contributed by atoms with Crippen LogP contribution in [0.5, 0.6) is 0 Å². The molecule has 1 atom stereocenters. The van der Waals surface area contributed by atoms with E-state index in [1.54, 1.807) is 6.07 Å². The fraction of sp³-hybridized carbons (Fsp3) is 0.500. The summed E-state index contributed by atoms with van der Waals surface area (Å²) in [5, 5.41) is 17.4. The Bertz CT molecular complexity index is 465. The molecule has 1 aromatic heterocycles. The maximum atomic E-state index is 11.9. The number of nitrogens with one attached hydrogen (secondary N) is 2. The lowest BCUT2D eigenvalue weighted by Crippen LogP contribution is -2.51. The summed E-state index contributed by atoms with van der Waals surface area (Å²) in [6.07, 6.45) is 0. The van der Waals surface area contributed by atoms with Gasteiger partial charge >= 0.3 is 0 Å². The molecular weight excluding hydrogens is 248 g/mol. The number of carbonyl (C=O) groups excluding carboxylic acids is 1. The zero-order valence-corrected chi connectivity index (χ0v) is 11.1.